The summed E-state index contributed by atoms with van der Waals surface area (Å²) in [5.74, 6) is -1.41. The Morgan fingerprint density at radius 1 is 0.976 bits per heavy atom. The monoisotopic (exact) mass is 594 g/mol. The van der Waals surface area contributed by atoms with E-state index < -0.39 is 52.5 Å². The van der Waals surface area contributed by atoms with E-state index in [4.69, 9.17) is 10.5 Å². The molecule has 2 amide bonds. The Labute approximate surface area is 237 Å². The molecule has 1 aromatic heterocycles. The highest BCUT2D eigenvalue weighted by atomic mass is 19.4. The lowest BCUT2D eigenvalue weighted by Crippen LogP contribution is -2.69. The highest BCUT2D eigenvalue weighted by Gasteiger charge is 2.48. The van der Waals surface area contributed by atoms with Crippen molar-refractivity contribution in [1.29, 1.82) is 0 Å². The number of benzene rings is 2. The topological polar surface area (TPSA) is 106 Å². The number of carbonyl (C=O) groups is 2. The number of hydrogen-bond donors (Lipinski definition) is 3. The first kappa shape index (κ1) is 31.0. The molecule has 42 heavy (non-hydrogen) atoms. The first-order valence-electron chi connectivity index (χ1n) is 12.9. The maximum Gasteiger partial charge on any atom is 0.416 e. The number of rotatable bonds is 8. The molecule has 0 radical (unpaired) electrons. The van der Waals surface area contributed by atoms with E-state index in [9.17, 15) is 35.9 Å². The summed E-state index contributed by atoms with van der Waals surface area (Å²) in [6.07, 6.45) is -9.50. The van der Waals surface area contributed by atoms with Crippen LogP contribution in [0.2, 0.25) is 0 Å². The molecule has 4 N–H and O–H groups in total. The number of halogens is 6. The average molecular weight is 595 g/mol. The van der Waals surface area contributed by atoms with Crippen LogP contribution in [0, 0.1) is 0 Å². The van der Waals surface area contributed by atoms with Crippen LogP contribution in [0.15, 0.2) is 72.9 Å². The van der Waals surface area contributed by atoms with Crippen molar-refractivity contribution >= 4 is 11.8 Å². The number of nitrogens with zero attached hydrogens (tertiary/aromatic N) is 1. The maximum absolute atomic E-state index is 13.4. The molecule has 0 bridgehead atoms. The van der Waals surface area contributed by atoms with Crippen LogP contribution in [0.4, 0.5) is 26.3 Å². The smallest absolute Gasteiger partial charge is 0.372 e. The summed E-state index contributed by atoms with van der Waals surface area (Å²) in [5, 5.41) is 5.91. The van der Waals surface area contributed by atoms with Crippen LogP contribution in [0.25, 0.3) is 0 Å². The van der Waals surface area contributed by atoms with Crippen molar-refractivity contribution in [2.24, 2.45) is 5.73 Å². The van der Waals surface area contributed by atoms with Crippen molar-refractivity contribution in [3.8, 4) is 0 Å². The van der Waals surface area contributed by atoms with E-state index in [-0.39, 0.29) is 43.3 Å². The number of ether oxygens (including phenoxy) is 1. The van der Waals surface area contributed by atoms with Gasteiger partial charge in [0.2, 0.25) is 5.91 Å². The minimum Gasteiger partial charge on any atom is -0.372 e. The molecular formula is C29H28F6N4O3. The van der Waals surface area contributed by atoms with Gasteiger partial charge in [0.25, 0.3) is 5.91 Å². The van der Waals surface area contributed by atoms with Crippen molar-refractivity contribution in [2.75, 3.05) is 13.2 Å². The molecule has 4 rings (SSSR count). The van der Waals surface area contributed by atoms with Gasteiger partial charge in [-0.3, -0.25) is 14.6 Å². The number of primary amides is 1. The zero-order valence-electron chi connectivity index (χ0n) is 22.4. The normalized spacial score (nSPS) is 21.9. The zero-order valence-corrected chi connectivity index (χ0v) is 22.4. The van der Waals surface area contributed by atoms with Gasteiger partial charge in [-0.15, -0.1) is 0 Å². The summed E-state index contributed by atoms with van der Waals surface area (Å²) < 4.78 is 86.4. The Kier molecular flexibility index (Phi) is 8.65. The molecule has 2 heterocycles. The average Bonchev–Trinajstić information content (AvgIpc) is 2.96. The van der Waals surface area contributed by atoms with E-state index in [1.54, 1.807) is 42.5 Å². The van der Waals surface area contributed by atoms with E-state index in [0.29, 0.717) is 17.7 Å². The van der Waals surface area contributed by atoms with Gasteiger partial charge in [-0.05, 0) is 61.2 Å². The standard InChI is InChI=1S/C29H28F6N4O3/c1-18(19-13-21(28(30,31)32)15-22(14-19)29(33,34)35)42-17-27(20-7-3-2-4-8-20)11-10-26(16-38-27,25(36)41)39-24(40)23-9-5-6-12-37-23/h2-9,12-15,18,38H,10-11,16-17H2,1H3,(H2,36,41)(H,39,40)/t18-,26+,27-/m1/s1. The lowest BCUT2D eigenvalue weighted by atomic mass is 9.76. The summed E-state index contributed by atoms with van der Waals surface area (Å²) in [6, 6.07) is 14.9. The quantitative estimate of drug-likeness (QED) is 0.314. The minimum absolute atomic E-state index is 0.0579. The van der Waals surface area contributed by atoms with E-state index in [0.717, 1.165) is 0 Å². The summed E-state index contributed by atoms with van der Waals surface area (Å²) in [6.45, 7) is 1.05. The molecule has 7 nitrogen and oxygen atoms in total. The van der Waals surface area contributed by atoms with Crippen LogP contribution in [0.3, 0.4) is 0 Å². The largest absolute Gasteiger partial charge is 0.416 e. The fraction of sp³-hybridized carbons (Fsp3) is 0.345. The molecule has 13 heteroatoms. The Morgan fingerprint density at radius 3 is 2.10 bits per heavy atom. The summed E-state index contributed by atoms with van der Waals surface area (Å²) in [5.41, 5.74) is 0.810. The van der Waals surface area contributed by atoms with Crippen molar-refractivity contribution in [2.45, 2.75) is 49.3 Å². The molecular weight excluding hydrogens is 566 g/mol. The van der Waals surface area contributed by atoms with E-state index in [2.05, 4.69) is 15.6 Å². The van der Waals surface area contributed by atoms with Crippen molar-refractivity contribution in [1.82, 2.24) is 15.6 Å². The van der Waals surface area contributed by atoms with E-state index in [1.807, 2.05) is 0 Å². The van der Waals surface area contributed by atoms with Crippen molar-refractivity contribution in [3.05, 3.63) is 101 Å². The molecule has 1 aliphatic heterocycles. The van der Waals surface area contributed by atoms with Gasteiger partial charge in [0, 0.05) is 12.7 Å². The third-order valence-corrected chi connectivity index (χ3v) is 7.41. The van der Waals surface area contributed by atoms with Crippen LogP contribution in [0.1, 0.15) is 58.6 Å². The predicted molar refractivity (Wildman–Crippen MR) is 140 cm³/mol. The Morgan fingerprint density at radius 2 is 1.60 bits per heavy atom. The first-order valence-corrected chi connectivity index (χ1v) is 12.9. The zero-order chi connectivity index (χ0) is 30.8. The van der Waals surface area contributed by atoms with Crippen LogP contribution in [-0.4, -0.2) is 35.5 Å². The maximum atomic E-state index is 13.4. The van der Waals surface area contributed by atoms with Gasteiger partial charge in [0.05, 0.1) is 29.4 Å². The molecule has 224 valence electrons. The van der Waals surface area contributed by atoms with Crippen LogP contribution >= 0.6 is 0 Å². The van der Waals surface area contributed by atoms with Gasteiger partial charge in [-0.2, -0.15) is 26.3 Å². The number of aromatic nitrogens is 1. The molecule has 1 aliphatic rings. The second-order valence-electron chi connectivity index (χ2n) is 10.2. The Balaban J connectivity index is 1.59. The highest BCUT2D eigenvalue weighted by molar-refractivity contribution is 5.97. The number of amides is 2. The first-order chi connectivity index (χ1) is 19.7. The Hall–Kier alpha value is -3.97. The van der Waals surface area contributed by atoms with Crippen molar-refractivity contribution < 1.29 is 40.7 Å². The second kappa shape index (κ2) is 11.7. The summed E-state index contributed by atoms with van der Waals surface area (Å²) >= 11 is 0. The van der Waals surface area contributed by atoms with Crippen LogP contribution in [-0.2, 0) is 27.4 Å². The third-order valence-electron chi connectivity index (χ3n) is 7.41. The molecule has 1 fully saturated rings. The van der Waals surface area contributed by atoms with Gasteiger partial charge >= 0.3 is 12.4 Å². The SMILES string of the molecule is C[C@@H](OC[C@@]1(c2ccccc2)CC[C@@](NC(=O)c2ccccn2)(C(N)=O)CN1)c1cc(C(F)(F)F)cc(C(F)(F)F)c1. The molecule has 0 aliphatic carbocycles. The fourth-order valence-corrected chi connectivity index (χ4v) is 4.87. The lowest BCUT2D eigenvalue weighted by Gasteiger charge is -2.46. The van der Waals surface area contributed by atoms with Gasteiger partial charge in [-0.1, -0.05) is 36.4 Å². The van der Waals surface area contributed by atoms with Crippen molar-refractivity contribution in [3.63, 3.8) is 0 Å². The van der Waals surface area contributed by atoms with Crippen LogP contribution in [0.5, 0.6) is 0 Å². The molecule has 2 aromatic carbocycles. The van der Waals surface area contributed by atoms with Crippen LogP contribution < -0.4 is 16.4 Å². The highest BCUT2D eigenvalue weighted by Crippen LogP contribution is 2.39. The number of alkyl halides is 6. The summed E-state index contributed by atoms with van der Waals surface area (Å²) in [4.78, 5) is 29.4. The molecule has 0 unspecified atom stereocenters. The number of carbonyl (C=O) groups excluding carboxylic acids is 2. The third kappa shape index (κ3) is 6.73. The molecule has 0 spiro atoms. The van der Waals surface area contributed by atoms with E-state index in [1.165, 1.54) is 19.2 Å². The number of piperidine rings is 1. The number of nitrogens with two attached hydrogens (primary N) is 1. The minimum atomic E-state index is -5.00. The van der Waals surface area contributed by atoms with Gasteiger partial charge in [0.15, 0.2) is 0 Å². The van der Waals surface area contributed by atoms with E-state index >= 15 is 0 Å². The number of nitrogens with one attached hydrogen (secondary N) is 2. The lowest BCUT2D eigenvalue weighted by molar-refractivity contribution is -0.143. The molecule has 0 saturated carbocycles. The number of hydrogen-bond acceptors (Lipinski definition) is 5. The predicted octanol–water partition coefficient (Wildman–Crippen LogP) is 5.13. The van der Waals surface area contributed by atoms with Gasteiger partial charge < -0.3 is 21.1 Å². The number of pyridine rings is 1. The molecule has 1 saturated heterocycles. The van der Waals surface area contributed by atoms with Gasteiger partial charge in [0.1, 0.15) is 11.2 Å². The molecule has 3 aromatic rings. The molecule has 3 atom stereocenters. The fourth-order valence-electron chi connectivity index (χ4n) is 4.87. The second-order valence-corrected chi connectivity index (χ2v) is 10.2. The Bertz CT molecular complexity index is 1370. The summed E-state index contributed by atoms with van der Waals surface area (Å²) in [7, 11) is 0. The van der Waals surface area contributed by atoms with Gasteiger partial charge in [-0.25, -0.2) is 0 Å².